The van der Waals surface area contributed by atoms with E-state index in [4.69, 9.17) is 0 Å². The van der Waals surface area contributed by atoms with Gasteiger partial charge in [-0.05, 0) is 29.4 Å². The third-order valence-electron chi connectivity index (χ3n) is 4.04. The zero-order valence-electron chi connectivity index (χ0n) is 15.8. The summed E-state index contributed by atoms with van der Waals surface area (Å²) in [5.74, 6) is -0.113. The van der Waals surface area contributed by atoms with Crippen LogP contribution in [0.15, 0.2) is 24.3 Å². The maximum Gasteiger partial charge on any atom is 0.413 e. The molecule has 2 N–H and O–H groups in total. The Balaban J connectivity index is 2.87. The van der Waals surface area contributed by atoms with Crippen LogP contribution in [-0.2, 0) is 14.9 Å². The van der Waals surface area contributed by atoms with Crippen LogP contribution in [0.1, 0.15) is 58.7 Å². The van der Waals surface area contributed by atoms with Gasteiger partial charge in [0.2, 0.25) is 5.91 Å². The largest absolute Gasteiger partial charge is 0.453 e. The van der Waals surface area contributed by atoms with Crippen LogP contribution < -0.4 is 10.6 Å². The van der Waals surface area contributed by atoms with E-state index in [0.29, 0.717) is 5.92 Å². The van der Waals surface area contributed by atoms with E-state index in [9.17, 15) is 9.59 Å². The second kappa shape index (κ2) is 8.29. The highest BCUT2D eigenvalue weighted by molar-refractivity contribution is 5.94. The molecule has 0 aliphatic rings. The molecule has 24 heavy (non-hydrogen) atoms. The maximum atomic E-state index is 12.0. The predicted octanol–water partition coefficient (Wildman–Crippen LogP) is 3.54. The van der Waals surface area contributed by atoms with Crippen molar-refractivity contribution in [1.29, 1.82) is 0 Å². The van der Waals surface area contributed by atoms with E-state index in [1.807, 2.05) is 0 Å². The first kappa shape index (κ1) is 20.2. The fraction of sp³-hybridized carbons (Fsp3) is 0.579. The summed E-state index contributed by atoms with van der Waals surface area (Å²) in [6, 6.07) is 7.96. The predicted molar refractivity (Wildman–Crippen MR) is 95.9 cm³/mol. The highest BCUT2D eigenvalue weighted by Gasteiger charge is 2.23. The van der Waals surface area contributed by atoms with Crippen molar-refractivity contribution >= 4 is 12.0 Å². The number of imide groups is 1. The van der Waals surface area contributed by atoms with Gasteiger partial charge in [0.1, 0.15) is 0 Å². The molecule has 0 bridgehead atoms. The highest BCUT2D eigenvalue weighted by Crippen LogP contribution is 2.27. The van der Waals surface area contributed by atoms with Gasteiger partial charge in [-0.3, -0.25) is 15.4 Å². The summed E-state index contributed by atoms with van der Waals surface area (Å²) >= 11 is 0. The lowest BCUT2D eigenvalue weighted by molar-refractivity contribution is -0.122. The maximum absolute atomic E-state index is 12.0. The molecule has 2 atom stereocenters. The van der Waals surface area contributed by atoms with Gasteiger partial charge in [0.05, 0.1) is 13.2 Å². The van der Waals surface area contributed by atoms with E-state index >= 15 is 0 Å². The molecule has 0 unspecified atom stereocenters. The lowest BCUT2D eigenvalue weighted by Crippen LogP contribution is -2.46. The van der Waals surface area contributed by atoms with Crippen LogP contribution in [0.5, 0.6) is 0 Å². The number of hydrogen-bond acceptors (Lipinski definition) is 4. The minimum absolute atomic E-state index is 0.0115. The van der Waals surface area contributed by atoms with Crippen molar-refractivity contribution in [1.82, 2.24) is 10.6 Å². The molecule has 0 heterocycles. The molecule has 0 spiro atoms. The van der Waals surface area contributed by atoms with Crippen LogP contribution in [0.2, 0.25) is 0 Å². The smallest absolute Gasteiger partial charge is 0.413 e. The lowest BCUT2D eigenvalue weighted by atomic mass is 9.85. The van der Waals surface area contributed by atoms with Crippen molar-refractivity contribution in [3.63, 3.8) is 0 Å². The number of alkyl carbamates (subject to hydrolysis) is 1. The van der Waals surface area contributed by atoms with Gasteiger partial charge in [-0.15, -0.1) is 0 Å². The summed E-state index contributed by atoms with van der Waals surface area (Å²) in [7, 11) is 1.23. The van der Waals surface area contributed by atoms with Gasteiger partial charge >= 0.3 is 6.09 Å². The highest BCUT2D eigenvalue weighted by atomic mass is 16.5. The molecule has 0 fully saturated rings. The van der Waals surface area contributed by atoms with Crippen molar-refractivity contribution in [2.45, 2.75) is 59.0 Å². The third-order valence-corrected chi connectivity index (χ3v) is 4.04. The summed E-state index contributed by atoms with van der Waals surface area (Å²) < 4.78 is 4.45. The van der Waals surface area contributed by atoms with Gasteiger partial charge in [-0.25, -0.2) is 4.79 Å². The number of carbonyl (C=O) groups is 2. The molecule has 5 nitrogen and oxygen atoms in total. The second-order valence-corrected chi connectivity index (χ2v) is 7.46. The summed E-state index contributed by atoms with van der Waals surface area (Å²) in [4.78, 5) is 23.2. The van der Waals surface area contributed by atoms with Gasteiger partial charge in [-0.2, -0.15) is 0 Å². The number of ether oxygens (including phenoxy) is 1. The molecule has 134 valence electrons. The first-order valence-corrected chi connectivity index (χ1v) is 8.31. The van der Waals surface area contributed by atoms with E-state index in [0.717, 1.165) is 5.56 Å². The summed E-state index contributed by atoms with van der Waals surface area (Å²) in [5, 5.41) is 5.49. The van der Waals surface area contributed by atoms with Crippen molar-refractivity contribution in [3.05, 3.63) is 35.4 Å². The van der Waals surface area contributed by atoms with Crippen LogP contribution in [0.3, 0.4) is 0 Å². The SMILES string of the molecule is COC(=O)NC(=O)[C@H](C)N[C@H](c1ccc(C(C)(C)C)cc1)C(C)C. The summed E-state index contributed by atoms with van der Waals surface area (Å²) in [5.41, 5.74) is 2.49. The fourth-order valence-corrected chi connectivity index (χ4v) is 2.47. The Morgan fingerprint density at radius 2 is 1.58 bits per heavy atom. The van der Waals surface area contributed by atoms with Crippen LogP contribution in [0, 0.1) is 5.92 Å². The monoisotopic (exact) mass is 334 g/mol. The zero-order chi connectivity index (χ0) is 18.5. The summed E-state index contributed by atoms with van der Waals surface area (Å²) in [6.45, 7) is 12.5. The molecule has 0 saturated heterocycles. The van der Waals surface area contributed by atoms with Crippen molar-refractivity contribution in [3.8, 4) is 0 Å². The Bertz CT molecular complexity index is 559. The van der Waals surface area contributed by atoms with Crippen molar-refractivity contribution < 1.29 is 14.3 Å². The fourth-order valence-electron chi connectivity index (χ4n) is 2.47. The summed E-state index contributed by atoms with van der Waals surface area (Å²) in [6.07, 6.45) is -0.746. The number of carbonyl (C=O) groups excluding carboxylic acids is 2. The number of hydrogen-bond donors (Lipinski definition) is 2. The third kappa shape index (κ3) is 5.64. The number of nitrogens with one attached hydrogen (secondary N) is 2. The average molecular weight is 334 g/mol. The van der Waals surface area contributed by atoms with E-state index in [1.54, 1.807) is 6.92 Å². The molecule has 0 saturated carbocycles. The van der Waals surface area contributed by atoms with Crippen LogP contribution in [0.4, 0.5) is 4.79 Å². The molecule has 0 radical (unpaired) electrons. The van der Waals surface area contributed by atoms with Crippen LogP contribution in [0.25, 0.3) is 0 Å². The van der Waals surface area contributed by atoms with Gasteiger partial charge in [-0.1, -0.05) is 58.9 Å². The molecular weight excluding hydrogens is 304 g/mol. The minimum Gasteiger partial charge on any atom is -0.453 e. The first-order valence-electron chi connectivity index (χ1n) is 8.31. The topological polar surface area (TPSA) is 67.4 Å². The number of rotatable bonds is 5. The Hall–Kier alpha value is -1.88. The molecule has 0 aliphatic heterocycles. The first-order chi connectivity index (χ1) is 11.1. The van der Waals surface area contributed by atoms with Gasteiger partial charge in [0, 0.05) is 6.04 Å². The molecule has 0 aromatic heterocycles. The zero-order valence-corrected chi connectivity index (χ0v) is 15.8. The van der Waals surface area contributed by atoms with E-state index in [2.05, 4.69) is 74.3 Å². The average Bonchev–Trinajstić information content (AvgIpc) is 2.51. The Kier molecular flexibility index (Phi) is 6.96. The van der Waals surface area contributed by atoms with Gasteiger partial charge in [0.15, 0.2) is 0 Å². The molecule has 0 aliphatic carbocycles. The van der Waals surface area contributed by atoms with Gasteiger partial charge in [0.25, 0.3) is 0 Å². The van der Waals surface area contributed by atoms with Gasteiger partial charge < -0.3 is 4.74 Å². The second-order valence-electron chi connectivity index (χ2n) is 7.46. The lowest BCUT2D eigenvalue weighted by Gasteiger charge is -2.27. The van der Waals surface area contributed by atoms with E-state index in [-0.39, 0.29) is 11.5 Å². The Labute approximate surface area is 145 Å². The van der Waals surface area contributed by atoms with Crippen LogP contribution >= 0.6 is 0 Å². The quantitative estimate of drug-likeness (QED) is 0.864. The van der Waals surface area contributed by atoms with E-state index in [1.165, 1.54) is 12.7 Å². The molecular formula is C19H30N2O3. The molecule has 2 amide bonds. The molecule has 1 aromatic rings. The Morgan fingerprint density at radius 1 is 1.04 bits per heavy atom. The standard InChI is InChI=1S/C19H30N2O3/c1-12(2)16(20-13(3)17(22)21-18(23)24-7)14-8-10-15(11-9-14)19(4,5)6/h8-13,16,20H,1-7H3,(H,21,22,23)/t13-,16-/m0/s1. The minimum atomic E-state index is -0.746. The number of benzene rings is 1. The number of methoxy groups -OCH3 is 1. The molecule has 5 heteroatoms. The molecule has 1 aromatic carbocycles. The molecule has 1 rings (SSSR count). The van der Waals surface area contributed by atoms with Crippen molar-refractivity contribution in [2.75, 3.05) is 7.11 Å². The van der Waals surface area contributed by atoms with E-state index < -0.39 is 18.0 Å². The normalized spacial score (nSPS) is 14.2. The number of amides is 2. The Morgan fingerprint density at radius 3 is 2.00 bits per heavy atom. The van der Waals surface area contributed by atoms with Crippen molar-refractivity contribution in [2.24, 2.45) is 5.92 Å². The van der Waals surface area contributed by atoms with Crippen LogP contribution in [-0.4, -0.2) is 25.2 Å².